The van der Waals surface area contributed by atoms with Crippen molar-refractivity contribution in [2.24, 2.45) is 0 Å². The van der Waals surface area contributed by atoms with Gasteiger partial charge in [0.05, 0.1) is 22.9 Å². The molecule has 4 rings (SSSR count). The van der Waals surface area contributed by atoms with E-state index in [-0.39, 0.29) is 16.0 Å². The van der Waals surface area contributed by atoms with Crippen molar-refractivity contribution < 1.29 is 21.6 Å². The first kappa shape index (κ1) is 20.8. The van der Waals surface area contributed by atoms with Crippen molar-refractivity contribution in [3.05, 3.63) is 90.5 Å². The Morgan fingerprint density at radius 1 is 0.871 bits per heavy atom. The number of alkyl halides is 3. The van der Waals surface area contributed by atoms with Gasteiger partial charge in [0, 0.05) is 23.5 Å². The van der Waals surface area contributed by atoms with Gasteiger partial charge in [-0.15, -0.1) is 0 Å². The van der Waals surface area contributed by atoms with Gasteiger partial charge in [-0.25, -0.2) is 0 Å². The molecule has 0 aliphatic rings. The zero-order chi connectivity index (χ0) is 22.2. The van der Waals surface area contributed by atoms with Crippen LogP contribution in [0.5, 0.6) is 0 Å². The summed E-state index contributed by atoms with van der Waals surface area (Å²) < 4.78 is 67.0. The monoisotopic (exact) mass is 443 g/mol. The van der Waals surface area contributed by atoms with Gasteiger partial charge in [-0.2, -0.15) is 30.8 Å². The van der Waals surface area contributed by atoms with E-state index in [1.807, 2.05) is 0 Å². The van der Waals surface area contributed by atoms with E-state index in [1.165, 1.54) is 36.9 Å². The predicted molar refractivity (Wildman–Crippen MR) is 110 cm³/mol. The molecule has 0 aliphatic heterocycles. The van der Waals surface area contributed by atoms with E-state index < -0.39 is 21.8 Å². The van der Waals surface area contributed by atoms with Crippen molar-refractivity contribution in [2.75, 3.05) is 0 Å². The highest BCUT2D eigenvalue weighted by molar-refractivity contribution is 7.89. The third kappa shape index (κ3) is 4.22. The fourth-order valence-electron chi connectivity index (χ4n) is 3.13. The van der Waals surface area contributed by atoms with Crippen LogP contribution in [0.2, 0.25) is 0 Å². The second kappa shape index (κ2) is 7.66. The SMILES string of the molecule is Cc1cccc(S(=O)(=O)n2cc(-c3cc(-c4cccnc4)cc(C(F)(F)F)c3)cn2)c1. The summed E-state index contributed by atoms with van der Waals surface area (Å²) in [7, 11) is -3.98. The van der Waals surface area contributed by atoms with Gasteiger partial charge in [-0.1, -0.05) is 18.2 Å². The van der Waals surface area contributed by atoms with Crippen molar-refractivity contribution in [1.29, 1.82) is 0 Å². The van der Waals surface area contributed by atoms with Gasteiger partial charge in [0.25, 0.3) is 10.0 Å². The van der Waals surface area contributed by atoms with Gasteiger partial charge in [0.15, 0.2) is 0 Å². The van der Waals surface area contributed by atoms with Gasteiger partial charge in [-0.3, -0.25) is 4.98 Å². The van der Waals surface area contributed by atoms with Gasteiger partial charge < -0.3 is 0 Å². The number of halogens is 3. The van der Waals surface area contributed by atoms with Crippen LogP contribution in [-0.4, -0.2) is 22.6 Å². The number of nitrogens with zero attached hydrogens (tertiary/aromatic N) is 3. The van der Waals surface area contributed by atoms with Crippen LogP contribution in [0.4, 0.5) is 13.2 Å². The van der Waals surface area contributed by atoms with Crippen molar-refractivity contribution in [1.82, 2.24) is 14.2 Å². The standard InChI is InChI=1S/C22H16F3N3O2S/c1-15-4-2-6-21(8-15)31(29,30)28-14-19(13-27-28)18-9-17(16-5-3-7-26-12-16)10-20(11-18)22(23,24)25/h2-14H,1H3. The summed E-state index contributed by atoms with van der Waals surface area (Å²) in [6, 6.07) is 13.1. The average Bonchev–Trinajstić information content (AvgIpc) is 3.25. The first-order valence-corrected chi connectivity index (χ1v) is 10.6. The fraction of sp³-hybridized carbons (Fsp3) is 0.0909. The summed E-state index contributed by atoms with van der Waals surface area (Å²) >= 11 is 0. The maximum atomic E-state index is 13.5. The first-order chi connectivity index (χ1) is 14.6. The molecule has 0 N–H and O–H groups in total. The molecule has 0 aliphatic carbocycles. The first-order valence-electron chi connectivity index (χ1n) is 9.14. The predicted octanol–water partition coefficient (Wildman–Crippen LogP) is 5.18. The van der Waals surface area contributed by atoms with E-state index in [0.29, 0.717) is 11.1 Å². The molecule has 0 bridgehead atoms. The Bertz CT molecular complexity index is 1350. The molecule has 0 unspecified atom stereocenters. The van der Waals surface area contributed by atoms with Crippen molar-refractivity contribution in [2.45, 2.75) is 18.0 Å². The van der Waals surface area contributed by atoms with Crippen LogP contribution >= 0.6 is 0 Å². The third-order valence-corrected chi connectivity index (χ3v) is 6.22. The second-order valence-electron chi connectivity index (χ2n) is 6.96. The zero-order valence-electron chi connectivity index (χ0n) is 16.2. The Labute approximate surface area is 176 Å². The molecule has 2 heterocycles. The lowest BCUT2D eigenvalue weighted by Gasteiger charge is -2.12. The summed E-state index contributed by atoms with van der Waals surface area (Å²) in [4.78, 5) is 4.00. The number of pyridine rings is 1. The summed E-state index contributed by atoms with van der Waals surface area (Å²) in [5, 5.41) is 3.90. The van der Waals surface area contributed by atoms with E-state index in [1.54, 1.807) is 37.3 Å². The summed E-state index contributed by atoms with van der Waals surface area (Å²) in [5.41, 5.74) is 1.17. The van der Waals surface area contributed by atoms with Crippen molar-refractivity contribution in [3.63, 3.8) is 0 Å². The molecule has 9 heteroatoms. The van der Waals surface area contributed by atoms with E-state index >= 15 is 0 Å². The summed E-state index contributed by atoms with van der Waals surface area (Å²) in [6.45, 7) is 1.76. The Balaban J connectivity index is 1.81. The number of aryl methyl sites for hydroxylation is 1. The van der Waals surface area contributed by atoms with Crippen molar-refractivity contribution in [3.8, 4) is 22.3 Å². The lowest BCUT2D eigenvalue weighted by molar-refractivity contribution is -0.137. The molecule has 0 atom stereocenters. The molecule has 0 fully saturated rings. The van der Waals surface area contributed by atoms with Gasteiger partial charge in [0.1, 0.15) is 0 Å². The minimum atomic E-state index is -4.57. The molecule has 2 aromatic heterocycles. The Kier molecular flexibility index (Phi) is 5.14. The molecule has 0 saturated carbocycles. The molecule has 4 aromatic rings. The van der Waals surface area contributed by atoms with Crippen LogP contribution in [0.3, 0.4) is 0 Å². The molecule has 2 aromatic carbocycles. The molecular formula is C22H16F3N3O2S. The van der Waals surface area contributed by atoms with Crippen LogP contribution < -0.4 is 0 Å². The summed E-state index contributed by atoms with van der Waals surface area (Å²) in [6.07, 6.45) is 0.857. The van der Waals surface area contributed by atoms with Gasteiger partial charge in [0.2, 0.25) is 0 Å². The number of aromatic nitrogens is 3. The average molecular weight is 443 g/mol. The van der Waals surface area contributed by atoms with E-state index in [9.17, 15) is 21.6 Å². The minimum Gasteiger partial charge on any atom is -0.264 e. The number of hydrogen-bond acceptors (Lipinski definition) is 4. The van der Waals surface area contributed by atoms with Crippen LogP contribution in [-0.2, 0) is 16.2 Å². The van der Waals surface area contributed by atoms with E-state index in [2.05, 4.69) is 10.1 Å². The maximum Gasteiger partial charge on any atom is 0.416 e. The Hall–Kier alpha value is -3.46. The van der Waals surface area contributed by atoms with Crippen LogP contribution in [0, 0.1) is 6.92 Å². The third-order valence-electron chi connectivity index (χ3n) is 4.68. The Morgan fingerprint density at radius 3 is 2.26 bits per heavy atom. The molecule has 31 heavy (non-hydrogen) atoms. The molecule has 0 radical (unpaired) electrons. The molecule has 0 amide bonds. The van der Waals surface area contributed by atoms with Gasteiger partial charge >= 0.3 is 6.18 Å². The lowest BCUT2D eigenvalue weighted by Crippen LogP contribution is -2.13. The lowest BCUT2D eigenvalue weighted by atomic mass is 9.98. The molecular weight excluding hydrogens is 427 g/mol. The zero-order valence-corrected chi connectivity index (χ0v) is 17.0. The summed E-state index contributed by atoms with van der Waals surface area (Å²) in [5.74, 6) is 0. The van der Waals surface area contributed by atoms with E-state index in [4.69, 9.17) is 0 Å². The van der Waals surface area contributed by atoms with Crippen LogP contribution in [0.25, 0.3) is 22.3 Å². The van der Waals surface area contributed by atoms with Crippen molar-refractivity contribution >= 4 is 10.0 Å². The smallest absolute Gasteiger partial charge is 0.264 e. The fourth-order valence-corrected chi connectivity index (χ4v) is 4.35. The highest BCUT2D eigenvalue weighted by atomic mass is 32.2. The molecule has 158 valence electrons. The number of rotatable bonds is 4. The highest BCUT2D eigenvalue weighted by Gasteiger charge is 2.31. The largest absolute Gasteiger partial charge is 0.416 e. The quantitative estimate of drug-likeness (QED) is 0.436. The number of hydrogen-bond donors (Lipinski definition) is 0. The normalized spacial score (nSPS) is 12.1. The second-order valence-corrected chi connectivity index (χ2v) is 8.76. The van der Waals surface area contributed by atoms with Crippen LogP contribution in [0.1, 0.15) is 11.1 Å². The molecule has 5 nitrogen and oxygen atoms in total. The van der Waals surface area contributed by atoms with Crippen LogP contribution in [0.15, 0.2) is 84.3 Å². The molecule has 0 spiro atoms. The highest BCUT2D eigenvalue weighted by Crippen LogP contribution is 2.36. The Morgan fingerprint density at radius 2 is 1.61 bits per heavy atom. The minimum absolute atomic E-state index is 0.0437. The topological polar surface area (TPSA) is 64.8 Å². The van der Waals surface area contributed by atoms with E-state index in [0.717, 1.165) is 21.8 Å². The van der Waals surface area contributed by atoms with Gasteiger partial charge in [-0.05, 0) is 60.0 Å². The molecule has 0 saturated heterocycles. The number of benzene rings is 2. The maximum absolute atomic E-state index is 13.5.